The fourth-order valence-corrected chi connectivity index (χ4v) is 3.09. The van der Waals surface area contributed by atoms with E-state index in [9.17, 15) is 4.79 Å². The van der Waals surface area contributed by atoms with Crippen LogP contribution >= 0.6 is 0 Å². The van der Waals surface area contributed by atoms with Gasteiger partial charge in [-0.3, -0.25) is 9.69 Å². The molecular formula is C13H25N3O. The standard InChI is InChI=1S/C13H25N3O/c1-8(14)9(2)16-12(3,4)7-10(11(15)17)13(16,5)6/h7-9H,14H2,1-6H3,(H2,15,17). The van der Waals surface area contributed by atoms with Gasteiger partial charge in [-0.2, -0.15) is 0 Å². The number of nitrogens with two attached hydrogens (primary N) is 2. The minimum Gasteiger partial charge on any atom is -0.366 e. The van der Waals surface area contributed by atoms with Crippen molar-refractivity contribution in [2.75, 3.05) is 0 Å². The molecule has 1 aliphatic heterocycles. The van der Waals surface area contributed by atoms with Crippen molar-refractivity contribution in [3.8, 4) is 0 Å². The summed E-state index contributed by atoms with van der Waals surface area (Å²) in [4.78, 5) is 13.8. The van der Waals surface area contributed by atoms with Crippen LogP contribution in [0.1, 0.15) is 41.5 Å². The maximum Gasteiger partial charge on any atom is 0.246 e. The van der Waals surface area contributed by atoms with Gasteiger partial charge in [-0.15, -0.1) is 0 Å². The molecule has 4 heteroatoms. The lowest BCUT2D eigenvalue weighted by Gasteiger charge is -2.47. The highest BCUT2D eigenvalue weighted by atomic mass is 16.1. The minimum absolute atomic E-state index is 0.0363. The number of primary amides is 1. The van der Waals surface area contributed by atoms with Gasteiger partial charge in [0.2, 0.25) is 5.91 Å². The zero-order valence-electron chi connectivity index (χ0n) is 11.7. The maximum absolute atomic E-state index is 11.5. The molecule has 0 saturated carbocycles. The Hall–Kier alpha value is -0.870. The monoisotopic (exact) mass is 239 g/mol. The molecule has 0 bridgehead atoms. The van der Waals surface area contributed by atoms with Crippen molar-refractivity contribution in [3.63, 3.8) is 0 Å². The van der Waals surface area contributed by atoms with E-state index in [4.69, 9.17) is 11.5 Å². The Bertz CT molecular complexity index is 356. The van der Waals surface area contributed by atoms with Gasteiger partial charge in [-0.05, 0) is 41.5 Å². The molecule has 0 radical (unpaired) electrons. The number of hydrogen-bond donors (Lipinski definition) is 2. The zero-order valence-corrected chi connectivity index (χ0v) is 11.7. The molecule has 0 aromatic rings. The summed E-state index contributed by atoms with van der Waals surface area (Å²) in [6.45, 7) is 12.3. The number of carbonyl (C=O) groups is 1. The summed E-state index contributed by atoms with van der Waals surface area (Å²) in [5.74, 6) is -0.345. The third kappa shape index (κ3) is 2.24. The smallest absolute Gasteiger partial charge is 0.246 e. The lowest BCUT2D eigenvalue weighted by molar-refractivity contribution is -0.115. The van der Waals surface area contributed by atoms with E-state index in [1.54, 1.807) is 0 Å². The number of nitrogens with zero attached hydrogens (tertiary/aromatic N) is 1. The van der Waals surface area contributed by atoms with Crippen molar-refractivity contribution in [2.45, 2.75) is 64.7 Å². The average molecular weight is 239 g/mol. The molecule has 1 aliphatic rings. The Morgan fingerprint density at radius 1 is 1.29 bits per heavy atom. The first kappa shape index (κ1) is 14.2. The van der Waals surface area contributed by atoms with Gasteiger partial charge in [0, 0.05) is 28.7 Å². The Kier molecular flexibility index (Phi) is 3.43. The largest absolute Gasteiger partial charge is 0.366 e. The highest BCUT2D eigenvalue weighted by Crippen LogP contribution is 2.41. The molecule has 4 N–H and O–H groups in total. The molecule has 0 saturated heterocycles. The third-order valence-electron chi connectivity index (χ3n) is 3.81. The van der Waals surface area contributed by atoms with E-state index in [1.807, 2.05) is 26.8 Å². The van der Waals surface area contributed by atoms with Crippen LogP contribution < -0.4 is 11.5 Å². The van der Waals surface area contributed by atoms with Gasteiger partial charge in [0.25, 0.3) is 0 Å². The van der Waals surface area contributed by atoms with Crippen LogP contribution in [0.3, 0.4) is 0 Å². The summed E-state index contributed by atoms with van der Waals surface area (Å²) >= 11 is 0. The van der Waals surface area contributed by atoms with Crippen LogP contribution in [-0.4, -0.2) is 34.0 Å². The molecular weight excluding hydrogens is 214 g/mol. The number of carbonyl (C=O) groups excluding carboxylic acids is 1. The molecule has 1 amide bonds. The highest BCUT2D eigenvalue weighted by molar-refractivity contribution is 5.95. The molecule has 0 fully saturated rings. The normalized spacial score (nSPS) is 26.4. The van der Waals surface area contributed by atoms with Gasteiger partial charge in [0.1, 0.15) is 0 Å². The fourth-order valence-electron chi connectivity index (χ4n) is 3.09. The Balaban J connectivity index is 3.22. The lowest BCUT2D eigenvalue weighted by atomic mass is 9.92. The van der Waals surface area contributed by atoms with Gasteiger partial charge >= 0.3 is 0 Å². The van der Waals surface area contributed by atoms with Crippen LogP contribution in [0.25, 0.3) is 0 Å². The first-order chi connectivity index (χ1) is 7.51. The molecule has 2 atom stereocenters. The molecule has 1 rings (SSSR count). The number of amides is 1. The lowest BCUT2D eigenvalue weighted by Crippen LogP contribution is -2.59. The fraction of sp³-hybridized carbons (Fsp3) is 0.769. The van der Waals surface area contributed by atoms with E-state index in [0.29, 0.717) is 5.57 Å². The SMILES string of the molecule is CC(N)C(C)N1C(C)(C)C=C(C(N)=O)C1(C)C. The molecule has 0 aliphatic carbocycles. The minimum atomic E-state index is -0.373. The molecule has 98 valence electrons. The molecule has 0 spiro atoms. The van der Waals surface area contributed by atoms with E-state index in [2.05, 4.69) is 25.7 Å². The first-order valence-corrected chi connectivity index (χ1v) is 6.10. The van der Waals surface area contributed by atoms with Gasteiger partial charge in [-0.1, -0.05) is 6.08 Å². The van der Waals surface area contributed by atoms with Crippen LogP contribution in [0.5, 0.6) is 0 Å². The second-order valence-electron chi connectivity index (χ2n) is 6.10. The molecule has 0 aromatic carbocycles. The predicted octanol–water partition coefficient (Wildman–Crippen LogP) is 1.01. The van der Waals surface area contributed by atoms with Crippen LogP contribution in [-0.2, 0) is 4.79 Å². The Morgan fingerprint density at radius 3 is 2.06 bits per heavy atom. The quantitative estimate of drug-likeness (QED) is 0.772. The van der Waals surface area contributed by atoms with Crippen molar-refractivity contribution in [2.24, 2.45) is 11.5 Å². The molecule has 0 aromatic heterocycles. The molecule has 2 unspecified atom stereocenters. The summed E-state index contributed by atoms with van der Waals surface area (Å²) in [6.07, 6.45) is 1.97. The van der Waals surface area contributed by atoms with Gasteiger partial charge in [-0.25, -0.2) is 0 Å². The summed E-state index contributed by atoms with van der Waals surface area (Å²) in [5, 5.41) is 0. The second kappa shape index (κ2) is 4.10. The Morgan fingerprint density at radius 2 is 1.76 bits per heavy atom. The summed E-state index contributed by atoms with van der Waals surface area (Å²) in [6, 6.07) is 0.210. The van der Waals surface area contributed by atoms with Crippen molar-refractivity contribution in [1.29, 1.82) is 0 Å². The maximum atomic E-state index is 11.5. The van der Waals surface area contributed by atoms with E-state index in [-0.39, 0.29) is 29.1 Å². The predicted molar refractivity (Wildman–Crippen MR) is 70.4 cm³/mol. The van der Waals surface area contributed by atoms with Crippen molar-refractivity contribution < 1.29 is 4.79 Å². The van der Waals surface area contributed by atoms with Crippen LogP contribution in [0.2, 0.25) is 0 Å². The van der Waals surface area contributed by atoms with E-state index < -0.39 is 0 Å². The van der Waals surface area contributed by atoms with Gasteiger partial charge in [0.05, 0.1) is 0 Å². The van der Waals surface area contributed by atoms with Crippen molar-refractivity contribution >= 4 is 5.91 Å². The van der Waals surface area contributed by atoms with Crippen molar-refractivity contribution in [3.05, 3.63) is 11.6 Å². The van der Waals surface area contributed by atoms with Crippen LogP contribution in [0.15, 0.2) is 11.6 Å². The van der Waals surface area contributed by atoms with E-state index in [1.165, 1.54) is 0 Å². The topological polar surface area (TPSA) is 72.3 Å². The number of rotatable bonds is 3. The second-order valence-corrected chi connectivity index (χ2v) is 6.10. The van der Waals surface area contributed by atoms with Gasteiger partial charge < -0.3 is 11.5 Å². The van der Waals surface area contributed by atoms with E-state index in [0.717, 1.165) is 0 Å². The zero-order chi connectivity index (χ0) is 13.6. The third-order valence-corrected chi connectivity index (χ3v) is 3.81. The van der Waals surface area contributed by atoms with Crippen LogP contribution in [0, 0.1) is 0 Å². The van der Waals surface area contributed by atoms with Crippen LogP contribution in [0.4, 0.5) is 0 Å². The highest BCUT2D eigenvalue weighted by Gasteiger charge is 2.49. The summed E-state index contributed by atoms with van der Waals surface area (Å²) in [5.41, 5.74) is 11.6. The van der Waals surface area contributed by atoms with E-state index >= 15 is 0 Å². The van der Waals surface area contributed by atoms with Gasteiger partial charge in [0.15, 0.2) is 0 Å². The summed E-state index contributed by atoms with van der Waals surface area (Å²) in [7, 11) is 0. The van der Waals surface area contributed by atoms with Crippen molar-refractivity contribution in [1.82, 2.24) is 4.90 Å². The molecule has 4 nitrogen and oxygen atoms in total. The Labute approximate surface area is 104 Å². The number of hydrogen-bond acceptors (Lipinski definition) is 3. The average Bonchev–Trinajstić information content (AvgIpc) is 2.31. The molecule has 1 heterocycles. The molecule has 17 heavy (non-hydrogen) atoms. The summed E-state index contributed by atoms with van der Waals surface area (Å²) < 4.78 is 0. The first-order valence-electron chi connectivity index (χ1n) is 6.10.